The van der Waals surface area contributed by atoms with Crippen molar-refractivity contribution in [2.75, 3.05) is 24.3 Å². The number of hydrogen-bond donors (Lipinski definition) is 1. The van der Waals surface area contributed by atoms with E-state index in [2.05, 4.69) is 46.4 Å². The summed E-state index contributed by atoms with van der Waals surface area (Å²) in [4.78, 5) is 6.45. The molecule has 0 bridgehead atoms. The van der Waals surface area contributed by atoms with Gasteiger partial charge in [-0.05, 0) is 25.1 Å². The Balaban J connectivity index is 2.14. The minimum atomic E-state index is 0.183. The summed E-state index contributed by atoms with van der Waals surface area (Å²) in [5, 5.41) is 3.47. The second-order valence-corrected chi connectivity index (χ2v) is 4.71. The molecule has 0 spiro atoms. The third-order valence-electron chi connectivity index (χ3n) is 2.99. The normalized spacial score (nSPS) is 12.2. The van der Waals surface area contributed by atoms with Crippen LogP contribution in [0, 0.1) is 0 Å². The molecule has 4 nitrogen and oxygen atoms in total. The summed E-state index contributed by atoms with van der Waals surface area (Å²) in [7, 11) is 6.10. The fourth-order valence-corrected chi connectivity index (χ4v) is 1.98. The Hall–Kier alpha value is -1.97. The van der Waals surface area contributed by atoms with E-state index < -0.39 is 0 Å². The van der Waals surface area contributed by atoms with Gasteiger partial charge in [0.2, 0.25) is 0 Å². The molecule has 1 aromatic heterocycles. The van der Waals surface area contributed by atoms with Gasteiger partial charge in [0.1, 0.15) is 5.82 Å². The van der Waals surface area contributed by atoms with Gasteiger partial charge in [0, 0.05) is 44.9 Å². The van der Waals surface area contributed by atoms with E-state index in [1.165, 1.54) is 5.69 Å². The first-order valence-corrected chi connectivity index (χ1v) is 6.09. The summed E-state index contributed by atoms with van der Waals surface area (Å²) < 4.78 is 2.04. The first-order chi connectivity index (χ1) is 8.58. The molecule has 1 heterocycles. The van der Waals surface area contributed by atoms with Gasteiger partial charge >= 0.3 is 0 Å². The molecule has 1 atom stereocenters. The Kier molecular flexibility index (Phi) is 3.55. The molecule has 1 aromatic carbocycles. The molecule has 96 valence electrons. The van der Waals surface area contributed by atoms with Crippen LogP contribution >= 0.6 is 0 Å². The van der Waals surface area contributed by atoms with Crippen molar-refractivity contribution in [2.45, 2.75) is 13.0 Å². The molecule has 2 aromatic rings. The minimum Gasteiger partial charge on any atom is -0.378 e. The lowest BCUT2D eigenvalue weighted by molar-refractivity contribution is 0.722. The molecular formula is C14H20N4. The van der Waals surface area contributed by atoms with Gasteiger partial charge in [0.15, 0.2) is 0 Å². The second-order valence-electron chi connectivity index (χ2n) is 4.71. The molecule has 1 unspecified atom stereocenters. The molecule has 0 amide bonds. The maximum atomic E-state index is 4.36. The van der Waals surface area contributed by atoms with E-state index in [1.54, 1.807) is 0 Å². The van der Waals surface area contributed by atoms with Crippen LogP contribution < -0.4 is 10.2 Å². The van der Waals surface area contributed by atoms with Crippen molar-refractivity contribution in [3.05, 3.63) is 42.5 Å². The quantitative estimate of drug-likeness (QED) is 0.897. The maximum Gasteiger partial charge on any atom is 0.130 e. The first kappa shape index (κ1) is 12.5. The summed E-state index contributed by atoms with van der Waals surface area (Å²) >= 11 is 0. The molecule has 0 fully saturated rings. The molecule has 1 N–H and O–H groups in total. The lowest BCUT2D eigenvalue weighted by Crippen LogP contribution is -2.13. The number of aromatic nitrogens is 2. The van der Waals surface area contributed by atoms with Crippen LogP contribution in [0.25, 0.3) is 0 Å². The molecule has 2 rings (SSSR count). The number of rotatable bonds is 4. The Morgan fingerprint density at radius 1 is 1.33 bits per heavy atom. The van der Waals surface area contributed by atoms with Crippen LogP contribution in [0.4, 0.5) is 11.4 Å². The third-order valence-corrected chi connectivity index (χ3v) is 2.99. The van der Waals surface area contributed by atoms with Gasteiger partial charge in [-0.25, -0.2) is 4.98 Å². The first-order valence-electron chi connectivity index (χ1n) is 6.09. The number of imidazole rings is 1. The fraction of sp³-hybridized carbons (Fsp3) is 0.357. The second kappa shape index (κ2) is 5.12. The summed E-state index contributed by atoms with van der Waals surface area (Å²) in [6, 6.07) is 8.55. The standard InChI is InChI=1S/C14H20N4/c1-11(14-15-8-9-18(14)4)16-12-6-5-7-13(10-12)17(2)3/h5-11,16H,1-4H3. The molecule has 0 aliphatic carbocycles. The summed E-state index contributed by atoms with van der Waals surface area (Å²) in [6.45, 7) is 2.12. The molecule has 0 radical (unpaired) electrons. The topological polar surface area (TPSA) is 33.1 Å². The monoisotopic (exact) mass is 244 g/mol. The molecule has 0 aliphatic heterocycles. The predicted molar refractivity (Wildman–Crippen MR) is 76.0 cm³/mol. The van der Waals surface area contributed by atoms with Crippen LogP contribution in [0.3, 0.4) is 0 Å². The molecular weight excluding hydrogens is 224 g/mol. The zero-order chi connectivity index (χ0) is 13.1. The average Bonchev–Trinajstić information content (AvgIpc) is 2.76. The van der Waals surface area contributed by atoms with Crippen molar-refractivity contribution >= 4 is 11.4 Å². The Morgan fingerprint density at radius 2 is 2.11 bits per heavy atom. The van der Waals surface area contributed by atoms with Crippen molar-refractivity contribution < 1.29 is 0 Å². The maximum absolute atomic E-state index is 4.36. The van der Waals surface area contributed by atoms with Crippen molar-refractivity contribution in [1.29, 1.82) is 0 Å². The summed E-state index contributed by atoms with van der Waals surface area (Å²) in [6.07, 6.45) is 3.79. The number of aryl methyl sites for hydroxylation is 1. The van der Waals surface area contributed by atoms with Gasteiger partial charge in [0.05, 0.1) is 6.04 Å². The molecule has 4 heteroatoms. The lowest BCUT2D eigenvalue weighted by atomic mass is 10.2. The predicted octanol–water partition coefficient (Wildman–Crippen LogP) is 2.66. The highest BCUT2D eigenvalue weighted by Gasteiger charge is 2.10. The van der Waals surface area contributed by atoms with Crippen molar-refractivity contribution in [3.63, 3.8) is 0 Å². The Bertz CT molecular complexity index is 516. The van der Waals surface area contributed by atoms with Crippen LogP contribution in [0.5, 0.6) is 0 Å². The third kappa shape index (κ3) is 2.64. The van der Waals surface area contributed by atoms with Crippen molar-refractivity contribution in [3.8, 4) is 0 Å². The van der Waals surface area contributed by atoms with Crippen LogP contribution in [0.15, 0.2) is 36.7 Å². The molecule has 0 saturated carbocycles. The van der Waals surface area contributed by atoms with E-state index in [1.807, 2.05) is 38.1 Å². The number of hydrogen-bond acceptors (Lipinski definition) is 3. The van der Waals surface area contributed by atoms with Gasteiger partial charge in [-0.1, -0.05) is 6.07 Å². The van der Waals surface area contributed by atoms with E-state index in [0.29, 0.717) is 0 Å². The summed E-state index contributed by atoms with van der Waals surface area (Å²) in [5.41, 5.74) is 2.30. The summed E-state index contributed by atoms with van der Waals surface area (Å²) in [5.74, 6) is 1.03. The van der Waals surface area contributed by atoms with Gasteiger partial charge in [-0.3, -0.25) is 0 Å². The smallest absolute Gasteiger partial charge is 0.130 e. The van der Waals surface area contributed by atoms with Crippen molar-refractivity contribution in [1.82, 2.24) is 9.55 Å². The zero-order valence-corrected chi connectivity index (χ0v) is 11.4. The number of anilines is 2. The highest BCUT2D eigenvalue weighted by Crippen LogP contribution is 2.21. The fourth-order valence-electron chi connectivity index (χ4n) is 1.98. The van der Waals surface area contributed by atoms with Gasteiger partial charge in [-0.2, -0.15) is 0 Å². The molecule has 0 aliphatic rings. The van der Waals surface area contributed by atoms with E-state index in [4.69, 9.17) is 0 Å². The Morgan fingerprint density at radius 3 is 2.72 bits per heavy atom. The Labute approximate surface area is 108 Å². The van der Waals surface area contributed by atoms with E-state index in [9.17, 15) is 0 Å². The van der Waals surface area contributed by atoms with Crippen molar-refractivity contribution in [2.24, 2.45) is 7.05 Å². The van der Waals surface area contributed by atoms with Gasteiger partial charge in [0.25, 0.3) is 0 Å². The minimum absolute atomic E-state index is 0.183. The number of nitrogens with one attached hydrogen (secondary N) is 1. The van der Waals surface area contributed by atoms with E-state index in [-0.39, 0.29) is 6.04 Å². The van der Waals surface area contributed by atoms with E-state index >= 15 is 0 Å². The van der Waals surface area contributed by atoms with Crippen LogP contribution in [-0.4, -0.2) is 23.6 Å². The van der Waals surface area contributed by atoms with Gasteiger partial charge < -0.3 is 14.8 Å². The number of benzene rings is 1. The highest BCUT2D eigenvalue weighted by molar-refractivity contribution is 5.57. The van der Waals surface area contributed by atoms with E-state index in [0.717, 1.165) is 11.5 Å². The SMILES string of the molecule is CC(Nc1cccc(N(C)C)c1)c1nccn1C. The highest BCUT2D eigenvalue weighted by atomic mass is 15.1. The van der Waals surface area contributed by atoms with Crippen LogP contribution in [0.2, 0.25) is 0 Å². The molecule has 0 saturated heterocycles. The molecule has 18 heavy (non-hydrogen) atoms. The average molecular weight is 244 g/mol. The zero-order valence-electron chi connectivity index (χ0n) is 11.4. The number of nitrogens with zero attached hydrogens (tertiary/aromatic N) is 3. The van der Waals surface area contributed by atoms with Gasteiger partial charge in [-0.15, -0.1) is 0 Å². The largest absolute Gasteiger partial charge is 0.378 e. The lowest BCUT2D eigenvalue weighted by Gasteiger charge is -2.18. The van der Waals surface area contributed by atoms with Crippen LogP contribution in [-0.2, 0) is 7.05 Å². The van der Waals surface area contributed by atoms with Crippen LogP contribution in [0.1, 0.15) is 18.8 Å².